The second kappa shape index (κ2) is 3.70. The van der Waals surface area contributed by atoms with Gasteiger partial charge in [-0.1, -0.05) is 0 Å². The molecule has 1 aliphatic rings. The number of hydrogen-bond acceptors (Lipinski definition) is 1. The molecule has 1 fully saturated rings. The van der Waals surface area contributed by atoms with Crippen LogP contribution in [0.4, 0.5) is 0 Å². The van der Waals surface area contributed by atoms with Crippen molar-refractivity contribution in [1.82, 2.24) is 0 Å². The third kappa shape index (κ3) is 21.8. The van der Waals surface area contributed by atoms with Gasteiger partial charge in [0.25, 0.3) is 0 Å². The predicted molar refractivity (Wildman–Crippen MR) is 14.7 cm³/mol. The van der Waals surface area contributed by atoms with Crippen LogP contribution < -0.4 is 0 Å². The molecule has 0 atom stereocenters. The molecule has 0 aliphatic carbocycles. The molecule has 0 aromatic heterocycles. The van der Waals surface area contributed by atoms with Gasteiger partial charge in [-0.25, -0.2) is 0 Å². The van der Waals surface area contributed by atoms with Gasteiger partial charge in [-0.05, 0) is 0 Å². The first-order chi connectivity index (χ1) is 2.50. The summed E-state index contributed by atoms with van der Waals surface area (Å²) in [6.45, 7) is 6.50. The second-order valence-electron chi connectivity index (χ2n) is 0.612. The SMILES string of the molecule is C1CO1.[C-]#[O+]. The zero-order valence-electron chi connectivity index (χ0n) is 2.73. The van der Waals surface area contributed by atoms with E-state index in [1.165, 1.54) is 0 Å². The molecule has 0 bridgehead atoms. The minimum absolute atomic E-state index is 1.00. The molecule has 1 heterocycles. The Bertz CT molecular complexity index is 26.4. The van der Waals surface area contributed by atoms with Crippen molar-refractivity contribution in [3.05, 3.63) is 6.65 Å². The molecule has 0 saturated carbocycles. The molecule has 0 unspecified atom stereocenters. The van der Waals surface area contributed by atoms with Gasteiger partial charge in [0.1, 0.15) is 0 Å². The molecule has 28 valence electrons. The van der Waals surface area contributed by atoms with Crippen LogP contribution in [0, 0.1) is 6.65 Å². The molecule has 1 aliphatic heterocycles. The van der Waals surface area contributed by atoms with Crippen molar-refractivity contribution in [2.75, 3.05) is 13.2 Å². The van der Waals surface area contributed by atoms with Gasteiger partial charge in [0.2, 0.25) is 0 Å². The number of rotatable bonds is 0. The van der Waals surface area contributed by atoms with E-state index in [0.29, 0.717) is 0 Å². The average molecular weight is 72.1 g/mol. The molecular weight excluding hydrogens is 68.0 g/mol. The summed E-state index contributed by atoms with van der Waals surface area (Å²) < 4.78 is 12.0. The fraction of sp³-hybridized carbons (Fsp3) is 0.667. The molecule has 0 N–H and O–H groups in total. The maximum absolute atomic E-state index is 7.50. The van der Waals surface area contributed by atoms with Crippen molar-refractivity contribution in [2.45, 2.75) is 0 Å². The monoisotopic (exact) mass is 72.0 g/mol. The number of epoxide rings is 1. The van der Waals surface area contributed by atoms with E-state index < -0.39 is 0 Å². The van der Waals surface area contributed by atoms with Gasteiger partial charge in [-0.15, -0.1) is 0 Å². The summed E-state index contributed by atoms with van der Waals surface area (Å²) in [5.41, 5.74) is 0. The van der Waals surface area contributed by atoms with Crippen LogP contribution in [-0.2, 0) is 9.39 Å². The van der Waals surface area contributed by atoms with E-state index in [0.717, 1.165) is 13.2 Å². The van der Waals surface area contributed by atoms with E-state index in [4.69, 9.17) is 4.65 Å². The standard InChI is InChI=1S/C2H4O.CO/c1-2-3-1;1-2/h1-2H2;. The zero-order chi connectivity index (χ0) is 4.12. The molecule has 5 heavy (non-hydrogen) atoms. The Labute approximate surface area is 30.5 Å². The molecule has 2 heteroatoms. The molecule has 1 rings (SSSR count). The van der Waals surface area contributed by atoms with Crippen LogP contribution in [0.25, 0.3) is 0 Å². The van der Waals surface area contributed by atoms with Crippen LogP contribution in [-0.4, -0.2) is 13.2 Å². The first-order valence-corrected chi connectivity index (χ1v) is 1.28. The van der Waals surface area contributed by atoms with Gasteiger partial charge in [-0.3, -0.25) is 0 Å². The molecule has 0 amide bonds. The minimum atomic E-state index is 1.00. The van der Waals surface area contributed by atoms with Gasteiger partial charge in [0, 0.05) is 0 Å². The van der Waals surface area contributed by atoms with E-state index in [2.05, 4.69) is 11.4 Å². The maximum atomic E-state index is 7.50. The Morgan fingerprint density at radius 1 is 1.40 bits per heavy atom. The van der Waals surface area contributed by atoms with Crippen molar-refractivity contribution in [1.29, 1.82) is 0 Å². The summed E-state index contributed by atoms with van der Waals surface area (Å²) in [5, 5.41) is 0. The zero-order valence-corrected chi connectivity index (χ0v) is 2.73. The summed E-state index contributed by atoms with van der Waals surface area (Å²) in [5.74, 6) is 0. The summed E-state index contributed by atoms with van der Waals surface area (Å²) >= 11 is 0. The second-order valence-corrected chi connectivity index (χ2v) is 0.612. The molecule has 2 nitrogen and oxygen atoms in total. The summed E-state index contributed by atoms with van der Waals surface area (Å²) in [6, 6.07) is 0. The van der Waals surface area contributed by atoms with Crippen molar-refractivity contribution < 1.29 is 9.39 Å². The third-order valence-electron chi connectivity index (χ3n) is 0.204. The van der Waals surface area contributed by atoms with Crippen molar-refractivity contribution >= 4 is 0 Å². The van der Waals surface area contributed by atoms with Gasteiger partial charge in [0.15, 0.2) is 0 Å². The summed E-state index contributed by atoms with van der Waals surface area (Å²) in [7, 11) is 0. The summed E-state index contributed by atoms with van der Waals surface area (Å²) in [6.07, 6.45) is 0. The van der Waals surface area contributed by atoms with Gasteiger partial charge in [0.05, 0.1) is 13.2 Å². The van der Waals surface area contributed by atoms with Crippen LogP contribution >= 0.6 is 0 Å². The Hall–Kier alpha value is -0.300. The Kier molecular flexibility index (Phi) is 3.48. The molecular formula is C3H4O2. The molecule has 1 saturated heterocycles. The Morgan fingerprint density at radius 3 is 1.60 bits per heavy atom. The topological polar surface area (TPSA) is 32.4 Å². The van der Waals surface area contributed by atoms with E-state index in [1.807, 2.05) is 0 Å². The van der Waals surface area contributed by atoms with E-state index in [-0.39, 0.29) is 0 Å². The summed E-state index contributed by atoms with van der Waals surface area (Å²) in [4.78, 5) is 0. The first-order valence-electron chi connectivity index (χ1n) is 1.28. The van der Waals surface area contributed by atoms with Gasteiger partial charge in [-0.2, -0.15) is 0 Å². The first kappa shape index (κ1) is 4.70. The van der Waals surface area contributed by atoms with Crippen LogP contribution in [0.2, 0.25) is 0 Å². The molecule has 0 aromatic carbocycles. The van der Waals surface area contributed by atoms with Crippen LogP contribution in [0.5, 0.6) is 0 Å². The number of hydrogen-bond donors (Lipinski definition) is 0. The number of ether oxygens (including phenoxy) is 1. The van der Waals surface area contributed by atoms with Crippen molar-refractivity contribution in [2.24, 2.45) is 0 Å². The van der Waals surface area contributed by atoms with E-state index >= 15 is 0 Å². The van der Waals surface area contributed by atoms with E-state index in [9.17, 15) is 0 Å². The van der Waals surface area contributed by atoms with Gasteiger partial charge >= 0.3 is 11.3 Å². The van der Waals surface area contributed by atoms with Gasteiger partial charge < -0.3 is 4.74 Å². The fourth-order valence-electron chi connectivity index (χ4n) is 0. The van der Waals surface area contributed by atoms with Crippen molar-refractivity contribution in [3.63, 3.8) is 0 Å². The fourth-order valence-corrected chi connectivity index (χ4v) is 0. The Morgan fingerprint density at radius 2 is 1.60 bits per heavy atom. The van der Waals surface area contributed by atoms with E-state index in [1.54, 1.807) is 0 Å². The van der Waals surface area contributed by atoms with Crippen LogP contribution in [0.1, 0.15) is 0 Å². The average Bonchev–Trinajstić information content (AvgIpc) is 2.19. The normalized spacial score (nSPS) is 14.8. The third-order valence-corrected chi connectivity index (χ3v) is 0.204. The molecule has 0 radical (unpaired) electrons. The van der Waals surface area contributed by atoms with Crippen molar-refractivity contribution in [3.8, 4) is 0 Å². The van der Waals surface area contributed by atoms with Crippen LogP contribution in [0.3, 0.4) is 0 Å². The Balaban J connectivity index is 0.0000000733. The van der Waals surface area contributed by atoms with Crippen LogP contribution in [0.15, 0.2) is 0 Å². The molecule has 0 aromatic rings. The predicted octanol–water partition coefficient (Wildman–Crippen LogP) is -0.0209. The quantitative estimate of drug-likeness (QED) is 0.225. The molecule has 0 spiro atoms.